The van der Waals surface area contributed by atoms with Crippen molar-refractivity contribution < 1.29 is 53.1 Å². The predicted octanol–water partition coefficient (Wildman–Crippen LogP) is 5.55. The molecule has 1 aliphatic carbocycles. The summed E-state index contributed by atoms with van der Waals surface area (Å²) in [4.78, 5) is 0. The zero-order valence-corrected chi connectivity index (χ0v) is 13.9. The van der Waals surface area contributed by atoms with E-state index in [1.807, 2.05) is 0 Å². The van der Waals surface area contributed by atoms with Gasteiger partial charge in [0.2, 0.25) is 0 Å². The average Bonchev–Trinajstić information content (AvgIpc) is 2.45. The molecule has 0 heterocycles. The molecular weight excluding hydrogens is 394 g/mol. The van der Waals surface area contributed by atoms with Crippen LogP contribution in [0.5, 0.6) is 0 Å². The third kappa shape index (κ3) is 9.25. The molecule has 0 aromatic heterocycles. The fourth-order valence-corrected chi connectivity index (χ4v) is 5.65. The molecule has 0 bridgehead atoms. The van der Waals surface area contributed by atoms with Crippen LogP contribution in [-0.4, -0.2) is 44.0 Å². The maximum atomic E-state index is 12.4. The van der Waals surface area contributed by atoms with Crippen LogP contribution in [0.15, 0.2) is 0 Å². The molecule has 152 valence electrons. The Hall–Kier alpha value is -0.320. The van der Waals surface area contributed by atoms with Crippen LogP contribution in [0.25, 0.3) is 0 Å². The Morgan fingerprint density at radius 1 is 0.600 bits per heavy atom. The fourth-order valence-electron chi connectivity index (χ4n) is 2.48. The molecule has 1 saturated carbocycles. The van der Waals surface area contributed by atoms with Crippen LogP contribution < -0.4 is 0 Å². The third-order valence-corrected chi connectivity index (χ3v) is 6.63. The van der Waals surface area contributed by atoms with E-state index in [9.17, 15) is 39.5 Å². The normalized spacial score (nSPS) is 19.2. The standard InChI is InChI=1S/C12H18F9O3P/c13-10(14,15)6-22-25(23-7-11(16,17)18,24-8-12(19,20)21)9-4-2-1-3-5-9/h9,25H,1-8H2. The zero-order chi connectivity index (χ0) is 19.4. The molecule has 0 aromatic carbocycles. The fraction of sp³-hybridized carbons (Fsp3) is 1.00. The van der Waals surface area contributed by atoms with Gasteiger partial charge in [-0.1, -0.05) is 0 Å². The molecule has 0 atom stereocenters. The van der Waals surface area contributed by atoms with Crippen molar-refractivity contribution in [3.63, 3.8) is 0 Å². The van der Waals surface area contributed by atoms with Crippen LogP contribution in [-0.2, 0) is 13.6 Å². The van der Waals surface area contributed by atoms with Crippen molar-refractivity contribution in [2.45, 2.75) is 56.3 Å². The van der Waals surface area contributed by atoms with Crippen molar-refractivity contribution in [3.8, 4) is 0 Å². The van der Waals surface area contributed by atoms with Gasteiger partial charge in [0.15, 0.2) is 0 Å². The van der Waals surface area contributed by atoms with Gasteiger partial charge in [0.25, 0.3) is 0 Å². The molecule has 25 heavy (non-hydrogen) atoms. The Balaban J connectivity index is 3.04. The number of alkyl halides is 9. The predicted molar refractivity (Wildman–Crippen MR) is 71.2 cm³/mol. The van der Waals surface area contributed by atoms with Crippen LogP contribution in [0.2, 0.25) is 0 Å². The number of hydrogen-bond donors (Lipinski definition) is 0. The van der Waals surface area contributed by atoms with Crippen LogP contribution in [0.1, 0.15) is 32.1 Å². The van der Waals surface area contributed by atoms with E-state index >= 15 is 0 Å². The summed E-state index contributed by atoms with van der Waals surface area (Å²) in [6.07, 6.45) is -13.2. The van der Waals surface area contributed by atoms with Crippen molar-refractivity contribution in [3.05, 3.63) is 0 Å². The molecule has 13 heteroatoms. The van der Waals surface area contributed by atoms with E-state index < -0.39 is 52.0 Å². The quantitative estimate of drug-likeness (QED) is 0.405. The second-order valence-electron chi connectivity index (χ2n) is 5.65. The minimum absolute atomic E-state index is 0.0831. The van der Waals surface area contributed by atoms with Crippen molar-refractivity contribution in [1.82, 2.24) is 0 Å². The van der Waals surface area contributed by atoms with E-state index in [1.165, 1.54) is 0 Å². The molecule has 0 amide bonds. The van der Waals surface area contributed by atoms with Crippen LogP contribution in [0.4, 0.5) is 39.5 Å². The third-order valence-electron chi connectivity index (χ3n) is 3.42. The number of halogens is 9. The molecule has 1 rings (SSSR count). The van der Waals surface area contributed by atoms with Crippen molar-refractivity contribution in [1.29, 1.82) is 0 Å². The molecule has 0 saturated heterocycles. The summed E-state index contributed by atoms with van der Waals surface area (Å²) >= 11 is 0. The first-order chi connectivity index (χ1) is 11.2. The van der Waals surface area contributed by atoms with E-state index in [-0.39, 0.29) is 12.8 Å². The topological polar surface area (TPSA) is 27.7 Å². The number of hydrogen-bond acceptors (Lipinski definition) is 3. The monoisotopic (exact) mass is 412 g/mol. The van der Waals surface area contributed by atoms with Gasteiger partial charge in [-0.05, 0) is 0 Å². The van der Waals surface area contributed by atoms with Gasteiger partial charge in [-0.25, -0.2) is 0 Å². The Morgan fingerprint density at radius 3 is 1.20 bits per heavy atom. The summed E-state index contributed by atoms with van der Waals surface area (Å²) in [6, 6.07) is 0. The Labute approximate surface area is 138 Å². The molecule has 0 radical (unpaired) electrons. The first kappa shape index (κ1) is 22.7. The second-order valence-corrected chi connectivity index (χ2v) is 8.54. The molecule has 0 N–H and O–H groups in total. The molecule has 0 aromatic rings. The van der Waals surface area contributed by atoms with Gasteiger partial charge in [-0.15, -0.1) is 0 Å². The minimum atomic E-state index is -4.95. The van der Waals surface area contributed by atoms with Gasteiger partial charge >= 0.3 is 137 Å². The van der Waals surface area contributed by atoms with Crippen molar-refractivity contribution in [2.75, 3.05) is 19.8 Å². The zero-order valence-electron chi connectivity index (χ0n) is 12.9. The molecule has 0 aliphatic heterocycles. The van der Waals surface area contributed by atoms with Crippen LogP contribution in [0, 0.1) is 0 Å². The summed E-state index contributed by atoms with van der Waals surface area (Å²) in [5, 5.41) is 0. The summed E-state index contributed by atoms with van der Waals surface area (Å²) in [6.45, 7) is -6.11. The summed E-state index contributed by atoms with van der Waals surface area (Å²) in [5.74, 6) is 0. The molecule has 1 fully saturated rings. The van der Waals surface area contributed by atoms with E-state index in [4.69, 9.17) is 0 Å². The first-order valence-electron chi connectivity index (χ1n) is 7.35. The van der Waals surface area contributed by atoms with E-state index in [0.717, 1.165) is 0 Å². The summed E-state index contributed by atoms with van der Waals surface area (Å²) in [7, 11) is -4.88. The van der Waals surface area contributed by atoms with Gasteiger partial charge in [0.1, 0.15) is 0 Å². The van der Waals surface area contributed by atoms with Crippen LogP contribution in [0.3, 0.4) is 0 Å². The van der Waals surface area contributed by atoms with Crippen molar-refractivity contribution >= 4 is 7.94 Å². The average molecular weight is 412 g/mol. The van der Waals surface area contributed by atoms with Crippen molar-refractivity contribution in [2.24, 2.45) is 0 Å². The first-order valence-corrected chi connectivity index (χ1v) is 9.15. The van der Waals surface area contributed by atoms with Gasteiger partial charge < -0.3 is 0 Å². The Morgan fingerprint density at radius 2 is 0.920 bits per heavy atom. The molecular formula is C12H18F9O3P. The Bertz CT molecular complexity index is 357. The maximum absolute atomic E-state index is 12.4. The number of rotatable bonds is 7. The summed E-state index contributed by atoms with van der Waals surface area (Å²) < 4.78 is 125. The molecule has 3 nitrogen and oxygen atoms in total. The molecule has 1 aliphatic rings. The molecule has 0 spiro atoms. The molecule has 0 unspecified atom stereocenters. The van der Waals surface area contributed by atoms with Gasteiger partial charge in [-0.3, -0.25) is 0 Å². The Kier molecular flexibility index (Phi) is 7.80. The summed E-state index contributed by atoms with van der Waals surface area (Å²) in [5.41, 5.74) is -1.05. The second kappa shape index (κ2) is 8.58. The van der Waals surface area contributed by atoms with Crippen LogP contribution >= 0.6 is 7.94 Å². The van der Waals surface area contributed by atoms with Gasteiger partial charge in [0.05, 0.1) is 0 Å². The SMILES string of the molecule is FC(F)(F)CO[PH](OCC(F)(F)F)(OCC(F)(F)F)C1CCCCC1. The van der Waals surface area contributed by atoms with E-state index in [2.05, 4.69) is 13.6 Å². The van der Waals surface area contributed by atoms with Gasteiger partial charge in [-0.2, -0.15) is 0 Å². The van der Waals surface area contributed by atoms with E-state index in [1.54, 1.807) is 0 Å². The van der Waals surface area contributed by atoms with Gasteiger partial charge in [0, 0.05) is 0 Å². The van der Waals surface area contributed by atoms with E-state index in [0.29, 0.717) is 19.3 Å².